The molecule has 0 bridgehead atoms. The molecule has 6 heteroatoms. The van der Waals surface area contributed by atoms with Gasteiger partial charge in [-0.3, -0.25) is 4.90 Å². The molecule has 19 heavy (non-hydrogen) atoms. The molecule has 0 saturated carbocycles. The molecular formula is C13H18N4OS. The van der Waals surface area contributed by atoms with Crippen molar-refractivity contribution in [1.82, 2.24) is 14.9 Å². The van der Waals surface area contributed by atoms with Crippen LogP contribution in [0, 0.1) is 5.92 Å². The van der Waals surface area contributed by atoms with E-state index in [0.717, 1.165) is 29.0 Å². The lowest BCUT2D eigenvalue weighted by Gasteiger charge is -2.33. The minimum absolute atomic E-state index is 0.253. The van der Waals surface area contributed by atoms with E-state index < -0.39 is 0 Å². The van der Waals surface area contributed by atoms with Gasteiger partial charge in [-0.2, -0.15) is 0 Å². The molecule has 1 fully saturated rings. The molecule has 0 amide bonds. The Morgan fingerprint density at radius 3 is 3.16 bits per heavy atom. The van der Waals surface area contributed by atoms with Crippen molar-refractivity contribution < 1.29 is 5.11 Å². The van der Waals surface area contributed by atoms with Crippen molar-refractivity contribution >= 4 is 27.4 Å². The van der Waals surface area contributed by atoms with Crippen LogP contribution in [-0.4, -0.2) is 39.2 Å². The molecule has 0 aromatic carbocycles. The Bertz CT molecular complexity index is 585. The van der Waals surface area contributed by atoms with E-state index in [0.29, 0.717) is 24.8 Å². The second-order valence-electron chi connectivity index (χ2n) is 5.23. The quantitative estimate of drug-likeness (QED) is 0.870. The summed E-state index contributed by atoms with van der Waals surface area (Å²) < 4.78 is 0. The second-order valence-corrected chi connectivity index (χ2v) is 6.13. The van der Waals surface area contributed by atoms with Gasteiger partial charge < -0.3 is 10.8 Å². The molecule has 5 nitrogen and oxygen atoms in total. The number of piperidine rings is 1. The van der Waals surface area contributed by atoms with E-state index in [2.05, 4.69) is 21.8 Å². The molecule has 1 aliphatic rings. The van der Waals surface area contributed by atoms with E-state index in [9.17, 15) is 5.11 Å². The monoisotopic (exact) mass is 278 g/mol. The highest BCUT2D eigenvalue weighted by molar-refractivity contribution is 7.16. The number of hydrogen-bond acceptors (Lipinski definition) is 6. The highest BCUT2D eigenvalue weighted by Crippen LogP contribution is 2.24. The zero-order valence-corrected chi connectivity index (χ0v) is 11.7. The molecule has 3 heterocycles. The number of nitrogen functional groups attached to an aromatic ring is 1. The summed E-state index contributed by atoms with van der Waals surface area (Å²) in [7, 11) is 0. The number of aromatic nitrogens is 2. The van der Waals surface area contributed by atoms with Gasteiger partial charge in [-0.25, -0.2) is 9.97 Å². The van der Waals surface area contributed by atoms with Crippen molar-refractivity contribution in [2.75, 3.05) is 18.8 Å². The van der Waals surface area contributed by atoms with Crippen molar-refractivity contribution in [3.63, 3.8) is 0 Å². The summed E-state index contributed by atoms with van der Waals surface area (Å²) in [5, 5.41) is 12.8. The van der Waals surface area contributed by atoms with Gasteiger partial charge in [-0.05, 0) is 30.3 Å². The fraction of sp³-hybridized carbons (Fsp3) is 0.538. The summed E-state index contributed by atoms with van der Waals surface area (Å²) in [6.07, 6.45) is 0.759. The fourth-order valence-corrected chi connectivity index (χ4v) is 3.24. The first kappa shape index (κ1) is 12.8. The average Bonchev–Trinajstić information content (AvgIpc) is 2.82. The third-order valence-corrected chi connectivity index (χ3v) is 4.58. The number of aliphatic hydroxyl groups excluding tert-OH is 1. The number of anilines is 1. The van der Waals surface area contributed by atoms with Gasteiger partial charge in [0, 0.05) is 6.54 Å². The highest BCUT2D eigenvalue weighted by atomic mass is 32.1. The summed E-state index contributed by atoms with van der Waals surface area (Å²) in [4.78, 5) is 12.0. The van der Waals surface area contributed by atoms with Crippen LogP contribution in [0.3, 0.4) is 0 Å². The fourth-order valence-electron chi connectivity index (χ4n) is 2.45. The minimum atomic E-state index is -0.253. The third-order valence-electron chi connectivity index (χ3n) is 3.77. The van der Waals surface area contributed by atoms with Gasteiger partial charge in [-0.1, -0.05) is 6.92 Å². The predicted octanol–water partition coefficient (Wildman–Crippen LogP) is 1.48. The van der Waals surface area contributed by atoms with E-state index in [1.807, 2.05) is 11.4 Å². The zero-order chi connectivity index (χ0) is 13.4. The van der Waals surface area contributed by atoms with Crippen molar-refractivity contribution in [3.05, 3.63) is 17.3 Å². The van der Waals surface area contributed by atoms with Gasteiger partial charge >= 0.3 is 0 Å². The highest BCUT2D eigenvalue weighted by Gasteiger charge is 2.24. The SMILES string of the molecule is CC1CCN(Cc2nc(N)c3ccsc3n2)CC1O. The molecule has 0 spiro atoms. The number of likely N-dealkylation sites (tertiary alicyclic amines) is 1. The molecule has 1 aliphatic heterocycles. The Kier molecular flexibility index (Phi) is 3.38. The van der Waals surface area contributed by atoms with Crippen LogP contribution in [0.25, 0.3) is 10.2 Å². The number of rotatable bonds is 2. The zero-order valence-electron chi connectivity index (χ0n) is 10.9. The van der Waals surface area contributed by atoms with Gasteiger partial charge in [0.25, 0.3) is 0 Å². The van der Waals surface area contributed by atoms with Gasteiger partial charge in [-0.15, -0.1) is 11.3 Å². The van der Waals surface area contributed by atoms with E-state index in [-0.39, 0.29) is 6.10 Å². The van der Waals surface area contributed by atoms with Crippen molar-refractivity contribution in [1.29, 1.82) is 0 Å². The summed E-state index contributed by atoms with van der Waals surface area (Å²) >= 11 is 1.58. The lowest BCUT2D eigenvalue weighted by molar-refractivity contribution is 0.0250. The molecule has 2 aromatic heterocycles. The number of thiophene rings is 1. The van der Waals surface area contributed by atoms with Crippen molar-refractivity contribution in [2.45, 2.75) is 26.0 Å². The number of hydrogen-bond donors (Lipinski definition) is 2. The molecule has 3 rings (SSSR count). The van der Waals surface area contributed by atoms with Crippen LogP contribution in [0.5, 0.6) is 0 Å². The molecule has 2 aromatic rings. The van der Waals surface area contributed by atoms with E-state index in [4.69, 9.17) is 5.73 Å². The van der Waals surface area contributed by atoms with Crippen LogP contribution < -0.4 is 5.73 Å². The van der Waals surface area contributed by atoms with E-state index >= 15 is 0 Å². The summed E-state index contributed by atoms with van der Waals surface area (Å²) in [5.41, 5.74) is 5.94. The minimum Gasteiger partial charge on any atom is -0.392 e. The first-order chi connectivity index (χ1) is 9.13. The van der Waals surface area contributed by atoms with Crippen LogP contribution in [0.2, 0.25) is 0 Å². The van der Waals surface area contributed by atoms with Gasteiger partial charge in [0.1, 0.15) is 16.5 Å². The third kappa shape index (κ3) is 2.56. The molecule has 102 valence electrons. The second kappa shape index (κ2) is 5.03. The lowest BCUT2D eigenvalue weighted by Crippen LogP contribution is -2.42. The first-order valence-electron chi connectivity index (χ1n) is 6.53. The van der Waals surface area contributed by atoms with Crippen LogP contribution in [0.15, 0.2) is 11.4 Å². The van der Waals surface area contributed by atoms with Crippen LogP contribution in [0.1, 0.15) is 19.2 Å². The number of aliphatic hydroxyl groups is 1. The molecular weight excluding hydrogens is 260 g/mol. The maximum atomic E-state index is 9.91. The van der Waals surface area contributed by atoms with Crippen LogP contribution in [0.4, 0.5) is 5.82 Å². The smallest absolute Gasteiger partial charge is 0.146 e. The van der Waals surface area contributed by atoms with Crippen LogP contribution >= 0.6 is 11.3 Å². The molecule has 2 atom stereocenters. The van der Waals surface area contributed by atoms with Crippen molar-refractivity contribution in [2.24, 2.45) is 5.92 Å². The Morgan fingerprint density at radius 1 is 1.53 bits per heavy atom. The van der Waals surface area contributed by atoms with Crippen LogP contribution in [-0.2, 0) is 6.54 Å². The van der Waals surface area contributed by atoms with E-state index in [1.54, 1.807) is 11.3 Å². The van der Waals surface area contributed by atoms with Gasteiger partial charge in [0.15, 0.2) is 0 Å². The van der Waals surface area contributed by atoms with Gasteiger partial charge in [0.05, 0.1) is 18.0 Å². The summed E-state index contributed by atoms with van der Waals surface area (Å²) in [6, 6.07) is 1.95. The Hall–Kier alpha value is -1.24. The van der Waals surface area contributed by atoms with E-state index in [1.165, 1.54) is 0 Å². The number of β-amino-alcohol motifs (C(OH)–C–C–N with tert-alkyl or cyclic N) is 1. The van der Waals surface area contributed by atoms with Gasteiger partial charge in [0.2, 0.25) is 0 Å². The van der Waals surface area contributed by atoms with Crippen molar-refractivity contribution in [3.8, 4) is 0 Å². The molecule has 1 saturated heterocycles. The molecule has 0 aliphatic carbocycles. The number of nitrogens with zero attached hydrogens (tertiary/aromatic N) is 3. The molecule has 0 radical (unpaired) electrons. The standard InChI is InChI=1S/C13H18N4OS/c1-8-2-4-17(6-10(8)18)7-11-15-12(14)9-3-5-19-13(9)16-11/h3,5,8,10,18H,2,4,6-7H2,1H3,(H2,14,15,16). The maximum absolute atomic E-state index is 9.91. The Morgan fingerprint density at radius 2 is 2.37 bits per heavy atom. The largest absolute Gasteiger partial charge is 0.392 e. The topological polar surface area (TPSA) is 75.3 Å². The Balaban J connectivity index is 1.78. The predicted molar refractivity (Wildman–Crippen MR) is 76.9 cm³/mol. The first-order valence-corrected chi connectivity index (χ1v) is 7.41. The Labute approximate surface area is 116 Å². The average molecular weight is 278 g/mol. The summed E-state index contributed by atoms with van der Waals surface area (Å²) in [5.74, 6) is 1.67. The number of fused-ring (bicyclic) bond motifs is 1. The molecule has 3 N–H and O–H groups in total. The number of nitrogens with two attached hydrogens (primary N) is 1. The summed E-state index contributed by atoms with van der Waals surface area (Å²) in [6.45, 7) is 4.41. The maximum Gasteiger partial charge on any atom is 0.146 e. The lowest BCUT2D eigenvalue weighted by atomic mass is 9.96. The molecule has 2 unspecified atom stereocenters. The normalized spacial score (nSPS) is 24.9.